The van der Waals surface area contributed by atoms with E-state index in [2.05, 4.69) is 41.5 Å². The summed E-state index contributed by atoms with van der Waals surface area (Å²) in [7, 11) is 0. The Labute approximate surface area is 238 Å². The van der Waals surface area contributed by atoms with Gasteiger partial charge in [0.2, 0.25) is 0 Å². The average molecular weight is 545 g/mol. The Hall–Kier alpha value is -1.75. The zero-order valence-corrected chi connectivity index (χ0v) is 26.4. The van der Waals surface area contributed by atoms with E-state index in [4.69, 9.17) is 18.9 Å². The number of benzene rings is 1. The molecule has 1 aromatic rings. The van der Waals surface area contributed by atoms with Crippen molar-refractivity contribution in [1.29, 1.82) is 0 Å². The van der Waals surface area contributed by atoms with Crippen molar-refractivity contribution in [3.8, 4) is 11.5 Å². The quantitative estimate of drug-likeness (QED) is 0.125. The van der Waals surface area contributed by atoms with Crippen molar-refractivity contribution in [2.45, 2.75) is 151 Å². The van der Waals surface area contributed by atoms with Gasteiger partial charge in [0.25, 0.3) is 0 Å². The fourth-order valence-corrected chi connectivity index (χ4v) is 6.08. The maximum absolute atomic E-state index is 12.3. The van der Waals surface area contributed by atoms with Crippen LogP contribution >= 0.6 is 0 Å². The number of rotatable bonds is 15. The minimum absolute atomic E-state index is 0.00723. The van der Waals surface area contributed by atoms with Crippen LogP contribution in [0.25, 0.3) is 0 Å². The van der Waals surface area contributed by atoms with Gasteiger partial charge in [0.05, 0.1) is 6.10 Å². The Bertz CT molecular complexity index is 954. The molecule has 1 aromatic carbocycles. The molecule has 2 heterocycles. The lowest BCUT2D eigenvalue weighted by atomic mass is 9.83. The van der Waals surface area contributed by atoms with Crippen LogP contribution in [0.5, 0.6) is 11.5 Å². The number of hydrogen-bond acceptors (Lipinski definition) is 5. The van der Waals surface area contributed by atoms with E-state index < -0.39 is 6.16 Å². The first-order valence-electron chi connectivity index (χ1n) is 15.7. The summed E-state index contributed by atoms with van der Waals surface area (Å²) in [6, 6.07) is 0. The monoisotopic (exact) mass is 544 g/mol. The number of ether oxygens (including phenoxy) is 4. The number of hydrogen-bond donors (Lipinski definition) is 0. The van der Waals surface area contributed by atoms with Gasteiger partial charge in [0.1, 0.15) is 29.8 Å². The molecule has 0 spiro atoms. The van der Waals surface area contributed by atoms with Crippen LogP contribution in [0.3, 0.4) is 0 Å². The standard InChI is InChI=1S/C34H56O5/c1-22(2)13-10-14-23(3)15-11-16-24(4)17-12-19-34(9)20-18-29-27(7)31(25(5)26(6)32(29)39-34)38-33(35)36-21-30-28(8)37-30/h22-24,28,30H,10-21H2,1-9H3. The van der Waals surface area contributed by atoms with Gasteiger partial charge >= 0.3 is 6.16 Å². The van der Waals surface area contributed by atoms with Crippen molar-refractivity contribution >= 4 is 6.16 Å². The second-order valence-corrected chi connectivity index (χ2v) is 13.5. The molecule has 0 amide bonds. The summed E-state index contributed by atoms with van der Waals surface area (Å²) in [4.78, 5) is 12.3. The molecule has 0 saturated carbocycles. The molecule has 39 heavy (non-hydrogen) atoms. The topological polar surface area (TPSA) is 57.3 Å². The van der Waals surface area contributed by atoms with E-state index in [1.165, 1.54) is 51.4 Å². The summed E-state index contributed by atoms with van der Waals surface area (Å²) in [6.45, 7) is 20.1. The molecule has 0 N–H and O–H groups in total. The smallest absolute Gasteiger partial charge is 0.487 e. The Balaban J connectivity index is 1.46. The minimum Gasteiger partial charge on any atom is -0.487 e. The van der Waals surface area contributed by atoms with Crippen LogP contribution < -0.4 is 9.47 Å². The maximum atomic E-state index is 12.3. The van der Waals surface area contributed by atoms with Gasteiger partial charge < -0.3 is 18.9 Å². The normalized spacial score (nSPS) is 23.6. The molecule has 0 aromatic heterocycles. The van der Waals surface area contributed by atoms with Gasteiger partial charge in [-0.15, -0.1) is 0 Å². The predicted octanol–water partition coefficient (Wildman–Crippen LogP) is 9.44. The molecule has 2 aliphatic rings. The molecule has 5 heteroatoms. The molecule has 0 radical (unpaired) electrons. The third-order valence-corrected chi connectivity index (χ3v) is 9.23. The van der Waals surface area contributed by atoms with Crippen molar-refractivity contribution in [2.75, 3.05) is 6.61 Å². The van der Waals surface area contributed by atoms with Crippen LogP contribution in [-0.4, -0.2) is 30.6 Å². The Morgan fingerprint density at radius 1 is 0.923 bits per heavy atom. The molecule has 1 saturated heterocycles. The second kappa shape index (κ2) is 14.2. The summed E-state index contributed by atoms with van der Waals surface area (Å²) in [5, 5.41) is 0. The lowest BCUT2D eigenvalue weighted by Gasteiger charge is -2.38. The van der Waals surface area contributed by atoms with Crippen molar-refractivity contribution < 1.29 is 23.7 Å². The Kier molecular flexibility index (Phi) is 11.6. The van der Waals surface area contributed by atoms with Gasteiger partial charge in [-0.3, -0.25) is 0 Å². The summed E-state index contributed by atoms with van der Waals surface area (Å²) < 4.78 is 23.0. The van der Waals surface area contributed by atoms with E-state index in [-0.39, 0.29) is 24.4 Å². The molecule has 222 valence electrons. The van der Waals surface area contributed by atoms with Crippen LogP contribution in [0.1, 0.15) is 128 Å². The molecule has 2 aliphatic heterocycles. The molecule has 0 bridgehead atoms. The molecule has 5 nitrogen and oxygen atoms in total. The average Bonchev–Trinajstić information content (AvgIpc) is 3.58. The summed E-state index contributed by atoms with van der Waals surface area (Å²) in [5.74, 6) is 4.05. The number of epoxide rings is 1. The molecule has 0 aliphatic carbocycles. The molecule has 5 atom stereocenters. The van der Waals surface area contributed by atoms with Crippen LogP contribution in [0.2, 0.25) is 0 Å². The summed E-state index contributed by atoms with van der Waals surface area (Å²) >= 11 is 0. The van der Waals surface area contributed by atoms with E-state index >= 15 is 0 Å². The van der Waals surface area contributed by atoms with Crippen molar-refractivity contribution in [2.24, 2.45) is 17.8 Å². The minimum atomic E-state index is -0.667. The SMILES string of the molecule is Cc1c(C)c2c(c(C)c1OC(=O)OCC1OC1C)CCC(C)(CCCC(C)CCCC(C)CCCC(C)C)O2. The van der Waals surface area contributed by atoms with E-state index in [0.717, 1.165) is 65.0 Å². The lowest BCUT2D eigenvalue weighted by Crippen LogP contribution is -2.37. The number of carbonyl (C=O) groups excluding carboxylic acids is 1. The summed E-state index contributed by atoms with van der Waals surface area (Å²) in [6.07, 6.45) is 13.1. The highest BCUT2D eigenvalue weighted by molar-refractivity contribution is 5.68. The van der Waals surface area contributed by atoms with Crippen LogP contribution in [-0.2, 0) is 15.9 Å². The zero-order valence-electron chi connectivity index (χ0n) is 26.4. The Morgan fingerprint density at radius 2 is 1.51 bits per heavy atom. The molecule has 1 fully saturated rings. The molecule has 3 rings (SSSR count). The van der Waals surface area contributed by atoms with E-state index in [1.54, 1.807) is 0 Å². The highest BCUT2D eigenvalue weighted by Crippen LogP contribution is 2.45. The van der Waals surface area contributed by atoms with Gasteiger partial charge in [-0.25, -0.2) is 4.79 Å². The summed E-state index contributed by atoms with van der Waals surface area (Å²) in [5.41, 5.74) is 3.99. The van der Waals surface area contributed by atoms with Crippen LogP contribution in [0, 0.1) is 38.5 Å². The van der Waals surface area contributed by atoms with Gasteiger partial charge in [0.15, 0.2) is 0 Å². The fourth-order valence-electron chi connectivity index (χ4n) is 6.08. The molecular weight excluding hydrogens is 488 g/mol. The highest BCUT2D eigenvalue weighted by atomic mass is 16.7. The van der Waals surface area contributed by atoms with Crippen molar-refractivity contribution in [3.63, 3.8) is 0 Å². The van der Waals surface area contributed by atoms with E-state index in [1.807, 2.05) is 20.8 Å². The predicted molar refractivity (Wildman–Crippen MR) is 159 cm³/mol. The largest absolute Gasteiger partial charge is 0.513 e. The lowest BCUT2D eigenvalue weighted by molar-refractivity contribution is 0.0509. The highest BCUT2D eigenvalue weighted by Gasteiger charge is 2.37. The number of fused-ring (bicyclic) bond motifs is 1. The van der Waals surface area contributed by atoms with Gasteiger partial charge in [-0.05, 0) is 94.7 Å². The van der Waals surface area contributed by atoms with Gasteiger partial charge in [-0.1, -0.05) is 72.6 Å². The third-order valence-electron chi connectivity index (χ3n) is 9.23. The van der Waals surface area contributed by atoms with Gasteiger partial charge in [0, 0.05) is 5.56 Å². The molecule has 5 unspecified atom stereocenters. The first kappa shape index (κ1) is 31.8. The third kappa shape index (κ3) is 9.40. The van der Waals surface area contributed by atoms with Crippen molar-refractivity contribution in [3.05, 3.63) is 22.3 Å². The first-order chi connectivity index (χ1) is 18.4. The van der Waals surface area contributed by atoms with E-state index in [9.17, 15) is 4.79 Å². The second-order valence-electron chi connectivity index (χ2n) is 13.5. The maximum Gasteiger partial charge on any atom is 0.513 e. The Morgan fingerprint density at radius 3 is 2.10 bits per heavy atom. The molecular formula is C34H56O5. The van der Waals surface area contributed by atoms with Crippen LogP contribution in [0.15, 0.2) is 0 Å². The fraction of sp³-hybridized carbons (Fsp3) is 0.794. The number of carbonyl (C=O) groups is 1. The van der Waals surface area contributed by atoms with E-state index in [0.29, 0.717) is 5.75 Å². The first-order valence-corrected chi connectivity index (χ1v) is 15.7. The van der Waals surface area contributed by atoms with Gasteiger partial charge in [-0.2, -0.15) is 0 Å². The zero-order chi connectivity index (χ0) is 28.7. The van der Waals surface area contributed by atoms with Crippen LogP contribution in [0.4, 0.5) is 4.79 Å². The van der Waals surface area contributed by atoms with Crippen molar-refractivity contribution in [1.82, 2.24) is 0 Å².